The zero-order valence-electron chi connectivity index (χ0n) is 10.7. The number of rotatable bonds is 3. The molecule has 1 nitrogen and oxygen atoms in total. The third-order valence-corrected chi connectivity index (χ3v) is 3.40. The molecule has 17 heavy (non-hydrogen) atoms. The van der Waals surface area contributed by atoms with Gasteiger partial charge in [-0.1, -0.05) is 48.8 Å². The molecule has 1 aromatic rings. The van der Waals surface area contributed by atoms with Crippen molar-refractivity contribution in [1.29, 1.82) is 0 Å². The first kappa shape index (κ1) is 14.4. The molecule has 1 unspecified atom stereocenters. The molecule has 94 valence electrons. The molecule has 0 heterocycles. The molecule has 0 radical (unpaired) electrons. The van der Waals surface area contributed by atoms with E-state index in [1.54, 1.807) is 19.1 Å². The van der Waals surface area contributed by atoms with Gasteiger partial charge in [0.15, 0.2) is 5.78 Å². The van der Waals surface area contributed by atoms with Crippen molar-refractivity contribution in [2.45, 2.75) is 38.9 Å². The van der Waals surface area contributed by atoms with Crippen LogP contribution in [0.15, 0.2) is 18.2 Å². The lowest BCUT2D eigenvalue weighted by Crippen LogP contribution is -2.30. The number of halogens is 2. The van der Waals surface area contributed by atoms with Crippen LogP contribution in [-0.4, -0.2) is 10.6 Å². The standard InChI is InChI=1S/C14H18BrFO/c1-9-7-10(5-6-12(9)16)8-11(15)13(17)14(2,3)4/h5-7,11H,8H2,1-4H3. The summed E-state index contributed by atoms with van der Waals surface area (Å²) in [6.45, 7) is 7.44. The van der Waals surface area contributed by atoms with Crippen LogP contribution in [-0.2, 0) is 11.2 Å². The molecule has 0 fully saturated rings. The van der Waals surface area contributed by atoms with Crippen molar-refractivity contribution in [3.8, 4) is 0 Å². The second-order valence-corrected chi connectivity index (χ2v) is 6.47. The van der Waals surface area contributed by atoms with Gasteiger partial charge in [-0.2, -0.15) is 0 Å². The number of carbonyl (C=O) groups is 1. The smallest absolute Gasteiger partial charge is 0.152 e. The second kappa shape index (κ2) is 5.30. The largest absolute Gasteiger partial charge is 0.298 e. The van der Waals surface area contributed by atoms with E-state index in [9.17, 15) is 9.18 Å². The Kier molecular flexibility index (Phi) is 4.48. The molecule has 0 aliphatic heterocycles. The molecular formula is C14H18BrFO. The zero-order valence-corrected chi connectivity index (χ0v) is 12.3. The summed E-state index contributed by atoms with van der Waals surface area (Å²) in [6, 6.07) is 4.97. The normalized spacial score (nSPS) is 13.5. The number of benzene rings is 1. The first-order chi connectivity index (χ1) is 7.71. The number of Topliss-reactive ketones (excluding diaryl/α,β-unsaturated/α-hetero) is 1. The SMILES string of the molecule is Cc1cc(CC(Br)C(=O)C(C)(C)C)ccc1F. The van der Waals surface area contributed by atoms with E-state index < -0.39 is 0 Å². The van der Waals surface area contributed by atoms with Crippen molar-refractivity contribution >= 4 is 21.7 Å². The van der Waals surface area contributed by atoms with Gasteiger partial charge in [0.25, 0.3) is 0 Å². The van der Waals surface area contributed by atoms with E-state index in [4.69, 9.17) is 0 Å². The van der Waals surface area contributed by atoms with Crippen LogP contribution in [0.25, 0.3) is 0 Å². The Morgan fingerprint density at radius 3 is 2.47 bits per heavy atom. The number of carbonyl (C=O) groups excluding carboxylic acids is 1. The van der Waals surface area contributed by atoms with E-state index in [1.807, 2.05) is 20.8 Å². The highest BCUT2D eigenvalue weighted by Crippen LogP contribution is 2.23. The Balaban J connectivity index is 2.78. The van der Waals surface area contributed by atoms with Crippen LogP contribution in [0.1, 0.15) is 31.9 Å². The van der Waals surface area contributed by atoms with E-state index >= 15 is 0 Å². The van der Waals surface area contributed by atoms with Gasteiger partial charge in [-0.15, -0.1) is 0 Å². The number of ketones is 1. The first-order valence-electron chi connectivity index (χ1n) is 5.65. The summed E-state index contributed by atoms with van der Waals surface area (Å²) >= 11 is 3.42. The lowest BCUT2D eigenvalue weighted by atomic mass is 9.87. The summed E-state index contributed by atoms with van der Waals surface area (Å²) in [6.07, 6.45) is 0.594. The van der Waals surface area contributed by atoms with Crippen LogP contribution in [0.5, 0.6) is 0 Å². The lowest BCUT2D eigenvalue weighted by Gasteiger charge is -2.20. The minimum atomic E-state index is -0.358. The Labute approximate surface area is 111 Å². The molecule has 1 aromatic carbocycles. The fourth-order valence-corrected chi connectivity index (χ4v) is 2.66. The summed E-state index contributed by atoms with van der Waals surface area (Å²) in [5.74, 6) is -0.0403. The van der Waals surface area contributed by atoms with E-state index in [1.165, 1.54) is 6.07 Å². The number of alkyl halides is 1. The van der Waals surface area contributed by atoms with Crippen molar-refractivity contribution in [2.24, 2.45) is 5.41 Å². The van der Waals surface area contributed by atoms with Gasteiger partial charge in [0, 0.05) is 5.41 Å². The highest BCUT2D eigenvalue weighted by atomic mass is 79.9. The molecule has 3 heteroatoms. The van der Waals surface area contributed by atoms with E-state index in [0.717, 1.165) is 5.56 Å². The number of hydrogen-bond donors (Lipinski definition) is 0. The maximum absolute atomic E-state index is 13.1. The molecule has 0 bridgehead atoms. The molecule has 0 aliphatic carbocycles. The van der Waals surface area contributed by atoms with Crippen LogP contribution in [0.4, 0.5) is 4.39 Å². The third kappa shape index (κ3) is 3.91. The van der Waals surface area contributed by atoms with Gasteiger partial charge in [0.2, 0.25) is 0 Å². The average molecular weight is 301 g/mol. The molecule has 0 amide bonds. The highest BCUT2D eigenvalue weighted by molar-refractivity contribution is 9.10. The van der Waals surface area contributed by atoms with Crippen molar-refractivity contribution in [1.82, 2.24) is 0 Å². The van der Waals surface area contributed by atoms with Crippen molar-refractivity contribution in [2.75, 3.05) is 0 Å². The van der Waals surface area contributed by atoms with Gasteiger partial charge in [-0.3, -0.25) is 4.79 Å². The Bertz CT molecular complexity index is 421. The topological polar surface area (TPSA) is 17.1 Å². The maximum Gasteiger partial charge on any atom is 0.152 e. The molecule has 1 atom stereocenters. The first-order valence-corrected chi connectivity index (χ1v) is 6.57. The zero-order chi connectivity index (χ0) is 13.2. The van der Waals surface area contributed by atoms with Gasteiger partial charge in [-0.25, -0.2) is 4.39 Å². The molecule has 0 aliphatic rings. The Morgan fingerprint density at radius 2 is 2.00 bits per heavy atom. The van der Waals surface area contributed by atoms with Crippen LogP contribution >= 0.6 is 15.9 Å². The lowest BCUT2D eigenvalue weighted by molar-refractivity contribution is -0.125. The van der Waals surface area contributed by atoms with Gasteiger partial charge >= 0.3 is 0 Å². The van der Waals surface area contributed by atoms with Gasteiger partial charge in [-0.05, 0) is 30.5 Å². The second-order valence-electron chi connectivity index (χ2n) is 5.37. The van der Waals surface area contributed by atoms with Crippen LogP contribution in [0, 0.1) is 18.2 Å². The molecule has 0 spiro atoms. The quantitative estimate of drug-likeness (QED) is 0.770. The minimum absolute atomic E-state index is 0.166. The highest BCUT2D eigenvalue weighted by Gasteiger charge is 2.27. The van der Waals surface area contributed by atoms with Crippen molar-refractivity contribution in [3.63, 3.8) is 0 Å². The number of aryl methyl sites for hydroxylation is 1. The van der Waals surface area contributed by atoms with Gasteiger partial charge < -0.3 is 0 Å². The predicted octanol–water partition coefficient (Wildman–Crippen LogP) is 4.06. The predicted molar refractivity (Wildman–Crippen MR) is 72.0 cm³/mol. The monoisotopic (exact) mass is 300 g/mol. The third-order valence-electron chi connectivity index (χ3n) is 2.66. The van der Waals surface area contributed by atoms with Crippen LogP contribution < -0.4 is 0 Å². The Morgan fingerprint density at radius 1 is 1.41 bits per heavy atom. The van der Waals surface area contributed by atoms with Crippen LogP contribution in [0.3, 0.4) is 0 Å². The minimum Gasteiger partial charge on any atom is -0.298 e. The van der Waals surface area contributed by atoms with E-state index in [0.29, 0.717) is 12.0 Å². The molecule has 1 rings (SSSR count). The fourth-order valence-electron chi connectivity index (χ4n) is 1.60. The van der Waals surface area contributed by atoms with Crippen molar-refractivity contribution < 1.29 is 9.18 Å². The van der Waals surface area contributed by atoms with Crippen molar-refractivity contribution in [3.05, 3.63) is 35.1 Å². The maximum atomic E-state index is 13.1. The summed E-state index contributed by atoms with van der Waals surface area (Å²) in [5.41, 5.74) is 1.23. The van der Waals surface area contributed by atoms with E-state index in [-0.39, 0.29) is 21.8 Å². The average Bonchev–Trinajstić information content (AvgIpc) is 2.21. The molecule has 0 saturated heterocycles. The molecule has 0 N–H and O–H groups in total. The molecular weight excluding hydrogens is 283 g/mol. The summed E-state index contributed by atoms with van der Waals surface area (Å²) in [5, 5.41) is 0. The Hall–Kier alpha value is -0.700. The molecule has 0 saturated carbocycles. The molecule has 0 aromatic heterocycles. The fraction of sp³-hybridized carbons (Fsp3) is 0.500. The summed E-state index contributed by atoms with van der Waals surface area (Å²) in [4.78, 5) is 11.8. The summed E-state index contributed by atoms with van der Waals surface area (Å²) < 4.78 is 13.1. The van der Waals surface area contributed by atoms with Gasteiger partial charge in [0.1, 0.15) is 5.82 Å². The summed E-state index contributed by atoms with van der Waals surface area (Å²) in [7, 11) is 0. The van der Waals surface area contributed by atoms with Gasteiger partial charge in [0.05, 0.1) is 4.83 Å². The van der Waals surface area contributed by atoms with Crippen LogP contribution in [0.2, 0.25) is 0 Å². The van der Waals surface area contributed by atoms with E-state index in [2.05, 4.69) is 15.9 Å². The number of hydrogen-bond acceptors (Lipinski definition) is 1.